The number of nitrogens with one attached hydrogen (secondary N) is 1. The average Bonchev–Trinajstić information content (AvgIpc) is 2.44. The molecular formula is C14H18ClF5N2. The number of benzene rings is 1. The molecule has 1 heterocycles. The van der Waals surface area contributed by atoms with Crippen LogP contribution in [0.3, 0.4) is 0 Å². The molecule has 22 heavy (non-hydrogen) atoms. The van der Waals surface area contributed by atoms with Gasteiger partial charge < -0.3 is 5.32 Å². The molecule has 126 valence electrons. The summed E-state index contributed by atoms with van der Waals surface area (Å²) in [6.45, 7) is 1.53. The highest BCUT2D eigenvalue weighted by molar-refractivity contribution is 5.85. The number of nitrogens with zero attached hydrogens (tertiary/aromatic N) is 1. The lowest BCUT2D eigenvalue weighted by Gasteiger charge is -2.36. The summed E-state index contributed by atoms with van der Waals surface area (Å²) in [6.07, 6.45) is -4.65. The Morgan fingerprint density at radius 1 is 1.18 bits per heavy atom. The minimum absolute atomic E-state index is 0. The molecule has 0 aromatic heterocycles. The molecule has 2 rings (SSSR count). The number of hydrogen-bond donors (Lipinski definition) is 1. The van der Waals surface area contributed by atoms with Crippen molar-refractivity contribution in [3.8, 4) is 0 Å². The van der Waals surface area contributed by atoms with E-state index in [1.165, 1.54) is 0 Å². The van der Waals surface area contributed by atoms with Crippen LogP contribution in [0.25, 0.3) is 0 Å². The summed E-state index contributed by atoms with van der Waals surface area (Å²) in [4.78, 5) is 1.78. The van der Waals surface area contributed by atoms with Gasteiger partial charge in [0.25, 0.3) is 0 Å². The van der Waals surface area contributed by atoms with Crippen LogP contribution in [-0.2, 0) is 6.18 Å². The molecule has 1 N–H and O–H groups in total. The van der Waals surface area contributed by atoms with Gasteiger partial charge in [0.15, 0.2) is 0 Å². The summed E-state index contributed by atoms with van der Waals surface area (Å²) in [7, 11) is 0. The second kappa shape index (κ2) is 8.08. The van der Waals surface area contributed by atoms with E-state index in [4.69, 9.17) is 0 Å². The largest absolute Gasteiger partial charge is 0.416 e. The van der Waals surface area contributed by atoms with Gasteiger partial charge in [-0.3, -0.25) is 9.29 Å². The second-order valence-corrected chi connectivity index (χ2v) is 5.01. The van der Waals surface area contributed by atoms with Crippen molar-refractivity contribution in [1.29, 1.82) is 0 Å². The van der Waals surface area contributed by atoms with Crippen LogP contribution in [-0.4, -0.2) is 37.8 Å². The molecule has 2 nitrogen and oxygen atoms in total. The molecule has 0 spiro atoms. The second-order valence-electron chi connectivity index (χ2n) is 5.01. The third-order valence-electron chi connectivity index (χ3n) is 3.65. The Hall–Kier alpha value is -0.920. The first kappa shape index (κ1) is 19.1. The van der Waals surface area contributed by atoms with Gasteiger partial charge in [0, 0.05) is 32.2 Å². The van der Waals surface area contributed by atoms with E-state index in [1.807, 2.05) is 0 Å². The molecule has 0 bridgehead atoms. The summed E-state index contributed by atoms with van der Waals surface area (Å²) in [5, 5.41) is 3.09. The van der Waals surface area contributed by atoms with Crippen molar-refractivity contribution < 1.29 is 22.0 Å². The summed E-state index contributed by atoms with van der Waals surface area (Å²) in [6, 6.07) is 1.64. The molecule has 1 aromatic rings. The van der Waals surface area contributed by atoms with Gasteiger partial charge in [-0.15, -0.1) is 12.4 Å². The van der Waals surface area contributed by atoms with Crippen molar-refractivity contribution in [2.45, 2.75) is 18.6 Å². The van der Waals surface area contributed by atoms with Gasteiger partial charge in [0.05, 0.1) is 12.2 Å². The fourth-order valence-electron chi connectivity index (χ4n) is 2.70. The Balaban J connectivity index is 0.00000242. The predicted octanol–water partition coefficient (Wildman–Crippen LogP) is 3.57. The van der Waals surface area contributed by atoms with E-state index >= 15 is 0 Å². The van der Waals surface area contributed by atoms with E-state index in [1.54, 1.807) is 4.90 Å². The summed E-state index contributed by atoms with van der Waals surface area (Å²) in [5.74, 6) is -0.739. The minimum Gasteiger partial charge on any atom is -0.314 e. The van der Waals surface area contributed by atoms with Gasteiger partial charge >= 0.3 is 6.18 Å². The Bertz CT molecular complexity index is 475. The Morgan fingerprint density at radius 3 is 2.36 bits per heavy atom. The summed E-state index contributed by atoms with van der Waals surface area (Å²) in [5.41, 5.74) is -1.07. The van der Waals surface area contributed by atoms with E-state index in [9.17, 15) is 22.0 Å². The molecular weight excluding hydrogens is 327 g/mol. The van der Waals surface area contributed by atoms with Crippen molar-refractivity contribution in [3.05, 3.63) is 35.1 Å². The highest BCUT2D eigenvalue weighted by atomic mass is 35.5. The fraction of sp³-hybridized carbons (Fsp3) is 0.571. The van der Waals surface area contributed by atoms with Crippen LogP contribution in [0.2, 0.25) is 0 Å². The van der Waals surface area contributed by atoms with Crippen LogP contribution < -0.4 is 5.32 Å². The van der Waals surface area contributed by atoms with Gasteiger partial charge in [-0.25, -0.2) is 4.39 Å². The van der Waals surface area contributed by atoms with E-state index in [-0.39, 0.29) is 24.4 Å². The number of halogens is 6. The third kappa shape index (κ3) is 4.54. The Labute approximate surface area is 132 Å². The smallest absolute Gasteiger partial charge is 0.314 e. The normalized spacial score (nSPS) is 17.9. The van der Waals surface area contributed by atoms with Gasteiger partial charge in [-0.05, 0) is 30.2 Å². The monoisotopic (exact) mass is 344 g/mol. The lowest BCUT2D eigenvalue weighted by atomic mass is 9.95. The quantitative estimate of drug-likeness (QED) is 0.840. The van der Waals surface area contributed by atoms with Crippen molar-refractivity contribution in [2.24, 2.45) is 0 Å². The van der Waals surface area contributed by atoms with Gasteiger partial charge in [-0.1, -0.05) is 0 Å². The lowest BCUT2D eigenvalue weighted by molar-refractivity contribution is -0.138. The molecule has 8 heteroatoms. The summed E-state index contributed by atoms with van der Waals surface area (Å²) >= 11 is 0. The van der Waals surface area contributed by atoms with E-state index in [0.717, 1.165) is 18.2 Å². The first-order chi connectivity index (χ1) is 9.93. The van der Waals surface area contributed by atoms with Gasteiger partial charge in [0.1, 0.15) is 5.82 Å². The van der Waals surface area contributed by atoms with E-state index in [0.29, 0.717) is 26.2 Å². The molecule has 1 saturated heterocycles. The number of hydrogen-bond acceptors (Lipinski definition) is 2. The number of piperazine rings is 1. The zero-order valence-electron chi connectivity index (χ0n) is 11.8. The standard InChI is InChI=1S/C14H17F5N2.ClH/c15-4-3-13(21-7-5-20-6-8-21)11-9-10(16)1-2-12(11)14(17,18)19;/h1-2,9,13,20H,3-8H2;1H/t13-;/m0./s1. The highest BCUT2D eigenvalue weighted by Crippen LogP contribution is 2.38. The maximum Gasteiger partial charge on any atom is 0.416 e. The van der Waals surface area contributed by atoms with Gasteiger partial charge in [0.2, 0.25) is 0 Å². The number of alkyl halides is 4. The van der Waals surface area contributed by atoms with Crippen molar-refractivity contribution in [2.75, 3.05) is 32.9 Å². The SMILES string of the molecule is Cl.FCC[C@@H](c1cc(F)ccc1C(F)(F)F)N1CCNCC1. The first-order valence-electron chi connectivity index (χ1n) is 6.81. The average molecular weight is 345 g/mol. The Morgan fingerprint density at radius 2 is 1.82 bits per heavy atom. The zero-order chi connectivity index (χ0) is 15.5. The van der Waals surface area contributed by atoms with Crippen LogP contribution in [0.15, 0.2) is 18.2 Å². The molecule has 0 amide bonds. The Kier molecular flexibility index (Phi) is 7.02. The topological polar surface area (TPSA) is 15.3 Å². The lowest BCUT2D eigenvalue weighted by Crippen LogP contribution is -2.45. The van der Waals surface area contributed by atoms with Crippen molar-refractivity contribution >= 4 is 12.4 Å². The fourth-order valence-corrected chi connectivity index (χ4v) is 2.70. The van der Waals surface area contributed by atoms with Crippen LogP contribution in [0.1, 0.15) is 23.6 Å². The molecule has 0 saturated carbocycles. The highest BCUT2D eigenvalue weighted by Gasteiger charge is 2.37. The molecule has 1 aromatic carbocycles. The molecule has 0 radical (unpaired) electrons. The van der Waals surface area contributed by atoms with Crippen LogP contribution >= 0.6 is 12.4 Å². The number of rotatable bonds is 4. The molecule has 0 aliphatic carbocycles. The first-order valence-corrected chi connectivity index (χ1v) is 6.81. The predicted molar refractivity (Wildman–Crippen MR) is 76.4 cm³/mol. The molecule has 1 aliphatic rings. The van der Waals surface area contributed by atoms with Crippen LogP contribution in [0.4, 0.5) is 22.0 Å². The van der Waals surface area contributed by atoms with Crippen molar-refractivity contribution in [3.63, 3.8) is 0 Å². The van der Waals surface area contributed by atoms with Crippen LogP contribution in [0.5, 0.6) is 0 Å². The van der Waals surface area contributed by atoms with Crippen LogP contribution in [0, 0.1) is 5.82 Å². The zero-order valence-corrected chi connectivity index (χ0v) is 12.6. The maximum absolute atomic E-state index is 13.4. The maximum atomic E-state index is 13.4. The van der Waals surface area contributed by atoms with E-state index < -0.39 is 30.3 Å². The van der Waals surface area contributed by atoms with E-state index in [2.05, 4.69) is 5.32 Å². The molecule has 1 aliphatic heterocycles. The molecule has 1 fully saturated rings. The molecule has 1 atom stereocenters. The minimum atomic E-state index is -4.58. The van der Waals surface area contributed by atoms with Gasteiger partial charge in [-0.2, -0.15) is 13.2 Å². The van der Waals surface area contributed by atoms with Crippen molar-refractivity contribution in [1.82, 2.24) is 10.2 Å². The summed E-state index contributed by atoms with van der Waals surface area (Å²) < 4.78 is 65.5. The third-order valence-corrected chi connectivity index (χ3v) is 3.65. The molecule has 0 unspecified atom stereocenters.